The van der Waals surface area contributed by atoms with Crippen molar-refractivity contribution in [2.75, 3.05) is 11.9 Å². The Balaban J connectivity index is 1.55. The van der Waals surface area contributed by atoms with E-state index in [1.54, 1.807) is 6.07 Å². The highest BCUT2D eigenvalue weighted by molar-refractivity contribution is 5.99. The van der Waals surface area contributed by atoms with Gasteiger partial charge in [-0.15, -0.1) is 0 Å². The largest absolute Gasteiger partial charge is 0.507 e. The third-order valence-electron chi connectivity index (χ3n) is 6.40. The molecule has 0 unspecified atom stereocenters. The quantitative estimate of drug-likeness (QED) is 0.280. The molecule has 4 aromatic carbocycles. The van der Waals surface area contributed by atoms with Crippen LogP contribution in [0.25, 0.3) is 38.9 Å². The Labute approximate surface area is 204 Å². The summed E-state index contributed by atoms with van der Waals surface area (Å²) in [5.74, 6) is 1.17. The summed E-state index contributed by atoms with van der Waals surface area (Å²) in [6.07, 6.45) is 0.893. The van der Waals surface area contributed by atoms with Crippen LogP contribution < -0.4 is 5.32 Å². The zero-order valence-corrected chi connectivity index (χ0v) is 19.2. The Kier molecular flexibility index (Phi) is 5.39. The molecule has 170 valence electrons. The van der Waals surface area contributed by atoms with E-state index in [4.69, 9.17) is 4.98 Å². The van der Waals surface area contributed by atoms with Gasteiger partial charge in [-0.05, 0) is 41.0 Å². The van der Waals surface area contributed by atoms with Crippen LogP contribution >= 0.6 is 0 Å². The molecule has 0 amide bonds. The number of hydrogen-bond donors (Lipinski definition) is 2. The number of phenols is 1. The minimum absolute atomic E-state index is 0.251. The average molecular weight is 456 g/mol. The standard InChI is InChI=1S/C31H25N3O/c35-27-19-18-23-12-7-8-15-25(23)29(27)26-16-9-17-28-33-30(24-13-5-2-6-14-24)31(34(26)28)32-21-20-22-10-3-1-4-11-22/h1-19,32,35H,20-21H2. The van der Waals surface area contributed by atoms with Gasteiger partial charge in [0.2, 0.25) is 0 Å². The first kappa shape index (κ1) is 21.0. The zero-order chi connectivity index (χ0) is 23.6. The van der Waals surface area contributed by atoms with Crippen molar-refractivity contribution in [3.63, 3.8) is 0 Å². The van der Waals surface area contributed by atoms with E-state index in [0.29, 0.717) is 0 Å². The van der Waals surface area contributed by atoms with Crippen LogP contribution in [0.3, 0.4) is 0 Å². The van der Waals surface area contributed by atoms with E-state index in [9.17, 15) is 5.11 Å². The van der Waals surface area contributed by atoms with Gasteiger partial charge in [0, 0.05) is 17.7 Å². The highest BCUT2D eigenvalue weighted by Gasteiger charge is 2.19. The van der Waals surface area contributed by atoms with E-state index < -0.39 is 0 Å². The van der Waals surface area contributed by atoms with Crippen LogP contribution in [0.2, 0.25) is 0 Å². The van der Waals surface area contributed by atoms with Crippen molar-refractivity contribution >= 4 is 22.2 Å². The fraction of sp³-hybridized carbons (Fsp3) is 0.0645. The summed E-state index contributed by atoms with van der Waals surface area (Å²) in [7, 11) is 0. The Morgan fingerprint density at radius 2 is 1.46 bits per heavy atom. The van der Waals surface area contributed by atoms with Gasteiger partial charge in [0.15, 0.2) is 0 Å². The number of hydrogen-bond acceptors (Lipinski definition) is 3. The maximum absolute atomic E-state index is 11.0. The van der Waals surface area contributed by atoms with Gasteiger partial charge >= 0.3 is 0 Å². The number of anilines is 1. The lowest BCUT2D eigenvalue weighted by atomic mass is 10.0. The third-order valence-corrected chi connectivity index (χ3v) is 6.40. The number of pyridine rings is 1. The molecule has 6 rings (SSSR count). The zero-order valence-electron chi connectivity index (χ0n) is 19.2. The van der Waals surface area contributed by atoms with Crippen LogP contribution in [-0.2, 0) is 6.42 Å². The molecule has 35 heavy (non-hydrogen) atoms. The summed E-state index contributed by atoms with van der Waals surface area (Å²) >= 11 is 0. The van der Waals surface area contributed by atoms with Gasteiger partial charge < -0.3 is 10.4 Å². The Morgan fingerprint density at radius 1 is 0.714 bits per heavy atom. The molecule has 0 radical (unpaired) electrons. The van der Waals surface area contributed by atoms with Crippen molar-refractivity contribution in [1.82, 2.24) is 9.38 Å². The van der Waals surface area contributed by atoms with Gasteiger partial charge in [0.05, 0.1) is 5.69 Å². The SMILES string of the molecule is Oc1ccc2ccccc2c1-c1cccc2nc(-c3ccccc3)c(NCCc3ccccc3)n12. The van der Waals surface area contributed by atoms with Crippen molar-refractivity contribution in [1.29, 1.82) is 0 Å². The number of nitrogens with one attached hydrogen (secondary N) is 1. The predicted octanol–water partition coefficient (Wildman–Crippen LogP) is 7.18. The van der Waals surface area contributed by atoms with Crippen molar-refractivity contribution < 1.29 is 5.11 Å². The van der Waals surface area contributed by atoms with Gasteiger partial charge in [-0.2, -0.15) is 0 Å². The molecule has 4 heteroatoms. The number of aromatic hydroxyl groups is 1. The van der Waals surface area contributed by atoms with Gasteiger partial charge in [-0.3, -0.25) is 4.40 Å². The van der Waals surface area contributed by atoms with Crippen molar-refractivity contribution in [2.45, 2.75) is 6.42 Å². The molecular formula is C31H25N3O. The molecule has 0 aliphatic heterocycles. The second kappa shape index (κ2) is 8.99. The summed E-state index contributed by atoms with van der Waals surface area (Å²) in [6.45, 7) is 0.757. The molecule has 0 fully saturated rings. The number of phenolic OH excluding ortho intramolecular Hbond substituents is 1. The highest BCUT2D eigenvalue weighted by atomic mass is 16.3. The van der Waals surface area contributed by atoms with Gasteiger partial charge in [0.1, 0.15) is 22.9 Å². The molecule has 0 bridgehead atoms. The lowest BCUT2D eigenvalue weighted by Gasteiger charge is -2.15. The topological polar surface area (TPSA) is 49.6 Å². The number of aromatic nitrogens is 2. The van der Waals surface area contributed by atoms with E-state index in [1.165, 1.54) is 5.56 Å². The number of benzene rings is 4. The molecule has 0 aliphatic carbocycles. The minimum Gasteiger partial charge on any atom is -0.507 e. The van der Waals surface area contributed by atoms with E-state index in [-0.39, 0.29) is 5.75 Å². The Morgan fingerprint density at radius 3 is 2.29 bits per heavy atom. The van der Waals surface area contributed by atoms with Crippen LogP contribution in [0.1, 0.15) is 5.56 Å². The van der Waals surface area contributed by atoms with Crippen LogP contribution in [0, 0.1) is 0 Å². The summed E-state index contributed by atoms with van der Waals surface area (Å²) in [6, 6.07) is 38.7. The van der Waals surface area contributed by atoms with Crippen molar-refractivity contribution in [3.05, 3.63) is 121 Å². The molecule has 0 aliphatic rings. The Hall–Kier alpha value is -4.57. The number of imidazole rings is 1. The lowest BCUT2D eigenvalue weighted by Crippen LogP contribution is -2.09. The average Bonchev–Trinajstić information content (AvgIpc) is 3.29. The number of rotatable bonds is 6. The first-order chi connectivity index (χ1) is 17.3. The van der Waals surface area contributed by atoms with Gasteiger partial charge in [-0.25, -0.2) is 4.98 Å². The normalized spacial score (nSPS) is 11.2. The molecule has 2 heterocycles. The monoisotopic (exact) mass is 455 g/mol. The maximum Gasteiger partial charge on any atom is 0.139 e. The first-order valence-corrected chi connectivity index (χ1v) is 11.9. The van der Waals surface area contributed by atoms with Crippen LogP contribution in [0.15, 0.2) is 115 Å². The van der Waals surface area contributed by atoms with E-state index in [0.717, 1.165) is 57.7 Å². The van der Waals surface area contributed by atoms with Crippen molar-refractivity contribution in [3.8, 4) is 28.3 Å². The van der Waals surface area contributed by atoms with Gasteiger partial charge in [-0.1, -0.05) is 97.1 Å². The molecule has 4 nitrogen and oxygen atoms in total. The fourth-order valence-electron chi connectivity index (χ4n) is 4.75. The molecule has 0 spiro atoms. The molecule has 6 aromatic rings. The molecule has 2 aromatic heterocycles. The summed E-state index contributed by atoms with van der Waals surface area (Å²) in [4.78, 5) is 5.02. The fourth-order valence-corrected chi connectivity index (χ4v) is 4.75. The summed E-state index contributed by atoms with van der Waals surface area (Å²) in [5.41, 5.74) is 5.75. The van der Waals surface area contributed by atoms with E-state index in [2.05, 4.69) is 58.2 Å². The number of nitrogens with zero attached hydrogens (tertiary/aromatic N) is 2. The van der Waals surface area contributed by atoms with Crippen LogP contribution in [0.4, 0.5) is 5.82 Å². The van der Waals surface area contributed by atoms with Crippen molar-refractivity contribution in [2.24, 2.45) is 0 Å². The predicted molar refractivity (Wildman–Crippen MR) is 144 cm³/mol. The Bertz CT molecular complexity index is 1620. The molecular weight excluding hydrogens is 430 g/mol. The second-order valence-corrected chi connectivity index (χ2v) is 8.62. The van der Waals surface area contributed by atoms with E-state index >= 15 is 0 Å². The maximum atomic E-state index is 11.0. The van der Waals surface area contributed by atoms with Gasteiger partial charge in [0.25, 0.3) is 0 Å². The van der Waals surface area contributed by atoms with Crippen LogP contribution in [-0.4, -0.2) is 21.0 Å². The lowest BCUT2D eigenvalue weighted by molar-refractivity contribution is 0.478. The smallest absolute Gasteiger partial charge is 0.139 e. The highest BCUT2D eigenvalue weighted by Crippen LogP contribution is 2.39. The third kappa shape index (κ3) is 3.89. The number of fused-ring (bicyclic) bond motifs is 2. The van der Waals surface area contributed by atoms with E-state index in [1.807, 2.05) is 60.7 Å². The molecule has 0 atom stereocenters. The van der Waals surface area contributed by atoms with Crippen LogP contribution in [0.5, 0.6) is 5.75 Å². The molecule has 2 N–H and O–H groups in total. The summed E-state index contributed by atoms with van der Waals surface area (Å²) in [5, 5.41) is 16.8. The molecule has 0 saturated heterocycles. The first-order valence-electron chi connectivity index (χ1n) is 11.9. The molecule has 0 saturated carbocycles. The second-order valence-electron chi connectivity index (χ2n) is 8.62. The minimum atomic E-state index is 0.251. The summed E-state index contributed by atoms with van der Waals surface area (Å²) < 4.78 is 2.13.